The van der Waals surface area contributed by atoms with Crippen LogP contribution in [0.2, 0.25) is 0 Å². The zero-order chi connectivity index (χ0) is 18.8. The van der Waals surface area contributed by atoms with Gasteiger partial charge in [0.05, 0.1) is 35.6 Å². The van der Waals surface area contributed by atoms with Crippen molar-refractivity contribution in [1.29, 1.82) is 0 Å². The largest absolute Gasteiger partial charge is 0.378 e. The summed E-state index contributed by atoms with van der Waals surface area (Å²) in [5.41, 5.74) is 1.03. The standard InChI is InChI=1S/C19H18N4O4/c24-18-16-7-6-15(23(25)26)12-17(16)20-19(21-8-10-27-11-9-21)22(18)13-14-4-2-1-3-5-14/h1-7,12H,8-11,13H2. The number of hydrogen-bond donors (Lipinski definition) is 0. The highest BCUT2D eigenvalue weighted by Gasteiger charge is 2.20. The first-order valence-corrected chi connectivity index (χ1v) is 8.69. The summed E-state index contributed by atoms with van der Waals surface area (Å²) in [4.78, 5) is 30.4. The maximum atomic E-state index is 13.2. The molecule has 0 amide bonds. The Balaban J connectivity index is 1.89. The fourth-order valence-electron chi connectivity index (χ4n) is 3.22. The van der Waals surface area contributed by atoms with E-state index < -0.39 is 4.92 Å². The molecule has 0 atom stereocenters. The van der Waals surface area contributed by atoms with Crippen molar-refractivity contribution >= 4 is 22.5 Å². The molecule has 0 N–H and O–H groups in total. The van der Waals surface area contributed by atoms with Crippen LogP contribution in [-0.2, 0) is 11.3 Å². The number of nitrogens with zero attached hydrogens (tertiary/aromatic N) is 4. The maximum Gasteiger partial charge on any atom is 0.271 e. The predicted octanol–water partition coefficient (Wildman–Crippen LogP) is 2.19. The van der Waals surface area contributed by atoms with E-state index in [1.54, 1.807) is 4.57 Å². The number of benzene rings is 2. The van der Waals surface area contributed by atoms with E-state index in [1.807, 2.05) is 35.2 Å². The third kappa shape index (κ3) is 3.39. The fourth-order valence-corrected chi connectivity index (χ4v) is 3.22. The Bertz CT molecular complexity index is 1040. The van der Waals surface area contributed by atoms with Gasteiger partial charge in [-0.05, 0) is 11.6 Å². The van der Waals surface area contributed by atoms with Crippen LogP contribution in [-0.4, -0.2) is 40.8 Å². The average Bonchev–Trinajstić information content (AvgIpc) is 2.71. The van der Waals surface area contributed by atoms with Crippen LogP contribution in [0.4, 0.5) is 11.6 Å². The SMILES string of the molecule is O=c1c2ccc([N+](=O)[O-])cc2nc(N2CCOCC2)n1Cc1ccccc1. The van der Waals surface area contributed by atoms with Crippen molar-refractivity contribution in [3.63, 3.8) is 0 Å². The Kier molecular flexibility index (Phi) is 4.55. The van der Waals surface area contributed by atoms with Crippen molar-refractivity contribution in [2.45, 2.75) is 6.54 Å². The molecular formula is C19H18N4O4. The number of nitro benzene ring substituents is 1. The van der Waals surface area contributed by atoms with E-state index in [9.17, 15) is 14.9 Å². The number of aromatic nitrogens is 2. The van der Waals surface area contributed by atoms with E-state index in [0.717, 1.165) is 5.56 Å². The van der Waals surface area contributed by atoms with Crippen molar-refractivity contribution in [3.05, 3.63) is 74.6 Å². The zero-order valence-corrected chi connectivity index (χ0v) is 14.6. The molecule has 4 rings (SSSR count). The molecule has 8 heteroatoms. The van der Waals surface area contributed by atoms with Crippen LogP contribution in [0.5, 0.6) is 0 Å². The number of morpholine rings is 1. The van der Waals surface area contributed by atoms with Gasteiger partial charge in [0.2, 0.25) is 5.95 Å². The first kappa shape index (κ1) is 17.2. The Morgan fingerprint density at radius 1 is 1.11 bits per heavy atom. The van der Waals surface area contributed by atoms with Gasteiger partial charge in [0.15, 0.2) is 0 Å². The van der Waals surface area contributed by atoms with Crippen molar-refractivity contribution in [2.75, 3.05) is 31.2 Å². The van der Waals surface area contributed by atoms with Gasteiger partial charge in [-0.1, -0.05) is 30.3 Å². The number of nitro groups is 1. The van der Waals surface area contributed by atoms with Crippen molar-refractivity contribution in [1.82, 2.24) is 9.55 Å². The topological polar surface area (TPSA) is 90.5 Å². The third-order valence-corrected chi connectivity index (χ3v) is 4.61. The number of fused-ring (bicyclic) bond motifs is 1. The molecular weight excluding hydrogens is 348 g/mol. The second-order valence-electron chi connectivity index (χ2n) is 6.35. The molecule has 0 unspecified atom stereocenters. The summed E-state index contributed by atoms with van der Waals surface area (Å²) in [6.45, 7) is 2.71. The summed E-state index contributed by atoms with van der Waals surface area (Å²) in [5, 5.41) is 11.5. The van der Waals surface area contributed by atoms with Gasteiger partial charge in [-0.25, -0.2) is 4.98 Å². The van der Waals surface area contributed by atoms with E-state index in [4.69, 9.17) is 4.74 Å². The van der Waals surface area contributed by atoms with E-state index in [0.29, 0.717) is 49.7 Å². The molecule has 0 saturated carbocycles. The first-order chi connectivity index (χ1) is 13.1. The van der Waals surface area contributed by atoms with Crippen molar-refractivity contribution in [3.8, 4) is 0 Å². The van der Waals surface area contributed by atoms with Crippen molar-refractivity contribution < 1.29 is 9.66 Å². The van der Waals surface area contributed by atoms with E-state index in [1.165, 1.54) is 18.2 Å². The quantitative estimate of drug-likeness (QED) is 0.519. The Morgan fingerprint density at radius 3 is 2.56 bits per heavy atom. The molecule has 1 fully saturated rings. The smallest absolute Gasteiger partial charge is 0.271 e. The highest BCUT2D eigenvalue weighted by atomic mass is 16.6. The second kappa shape index (κ2) is 7.16. The first-order valence-electron chi connectivity index (χ1n) is 8.69. The minimum Gasteiger partial charge on any atom is -0.378 e. The van der Waals surface area contributed by atoms with Gasteiger partial charge < -0.3 is 9.64 Å². The summed E-state index contributed by atoms with van der Waals surface area (Å²) < 4.78 is 7.04. The summed E-state index contributed by atoms with van der Waals surface area (Å²) in [7, 11) is 0. The highest BCUT2D eigenvalue weighted by Crippen LogP contribution is 2.21. The van der Waals surface area contributed by atoms with Gasteiger partial charge in [0, 0.05) is 25.2 Å². The Hall–Kier alpha value is -3.26. The molecule has 1 aliphatic heterocycles. The number of anilines is 1. The molecule has 27 heavy (non-hydrogen) atoms. The van der Waals surface area contributed by atoms with Crippen LogP contribution >= 0.6 is 0 Å². The van der Waals surface area contributed by atoms with Crippen LogP contribution in [0.15, 0.2) is 53.3 Å². The molecule has 138 valence electrons. The normalized spacial score (nSPS) is 14.4. The van der Waals surface area contributed by atoms with Crippen LogP contribution in [0.1, 0.15) is 5.56 Å². The van der Waals surface area contributed by atoms with E-state index in [-0.39, 0.29) is 11.2 Å². The van der Waals surface area contributed by atoms with Crippen LogP contribution in [0, 0.1) is 10.1 Å². The predicted molar refractivity (Wildman–Crippen MR) is 101 cm³/mol. The lowest BCUT2D eigenvalue weighted by molar-refractivity contribution is -0.384. The molecule has 0 aliphatic carbocycles. The van der Waals surface area contributed by atoms with Gasteiger partial charge in [0.1, 0.15) is 0 Å². The molecule has 0 spiro atoms. The highest BCUT2D eigenvalue weighted by molar-refractivity contribution is 5.81. The molecule has 0 radical (unpaired) electrons. The molecule has 3 aromatic rings. The minimum atomic E-state index is -0.481. The molecule has 2 heterocycles. The molecule has 1 saturated heterocycles. The molecule has 2 aromatic carbocycles. The third-order valence-electron chi connectivity index (χ3n) is 4.61. The second-order valence-corrected chi connectivity index (χ2v) is 6.35. The Morgan fingerprint density at radius 2 is 1.85 bits per heavy atom. The lowest BCUT2D eigenvalue weighted by Crippen LogP contribution is -2.40. The van der Waals surface area contributed by atoms with Crippen LogP contribution in [0.3, 0.4) is 0 Å². The van der Waals surface area contributed by atoms with Crippen LogP contribution < -0.4 is 10.5 Å². The summed E-state index contributed by atoms with van der Waals surface area (Å²) in [6.07, 6.45) is 0. The number of rotatable bonds is 4. The van der Waals surface area contributed by atoms with Gasteiger partial charge >= 0.3 is 0 Å². The van der Waals surface area contributed by atoms with Gasteiger partial charge in [-0.2, -0.15) is 0 Å². The lowest BCUT2D eigenvalue weighted by Gasteiger charge is -2.30. The van der Waals surface area contributed by atoms with Crippen LogP contribution in [0.25, 0.3) is 10.9 Å². The van der Waals surface area contributed by atoms with Gasteiger partial charge in [0.25, 0.3) is 11.2 Å². The fraction of sp³-hybridized carbons (Fsp3) is 0.263. The maximum absolute atomic E-state index is 13.2. The molecule has 8 nitrogen and oxygen atoms in total. The van der Waals surface area contributed by atoms with Gasteiger partial charge in [-0.15, -0.1) is 0 Å². The monoisotopic (exact) mass is 366 g/mol. The summed E-state index contributed by atoms with van der Waals surface area (Å²) >= 11 is 0. The number of hydrogen-bond acceptors (Lipinski definition) is 6. The molecule has 1 aliphatic rings. The summed E-state index contributed by atoms with van der Waals surface area (Å²) in [5.74, 6) is 0.514. The summed E-state index contributed by atoms with van der Waals surface area (Å²) in [6, 6.07) is 13.9. The lowest BCUT2D eigenvalue weighted by atomic mass is 10.2. The van der Waals surface area contributed by atoms with E-state index in [2.05, 4.69) is 4.98 Å². The minimum absolute atomic E-state index is 0.0804. The zero-order valence-electron chi connectivity index (χ0n) is 14.6. The molecule has 0 bridgehead atoms. The molecule has 1 aromatic heterocycles. The Labute approximate surface area is 154 Å². The number of ether oxygens (including phenoxy) is 1. The van der Waals surface area contributed by atoms with E-state index >= 15 is 0 Å². The average molecular weight is 366 g/mol. The number of non-ortho nitro benzene ring substituents is 1. The van der Waals surface area contributed by atoms with Crippen molar-refractivity contribution in [2.24, 2.45) is 0 Å². The van der Waals surface area contributed by atoms with Gasteiger partial charge in [-0.3, -0.25) is 19.5 Å².